The van der Waals surface area contributed by atoms with E-state index >= 15 is 0 Å². The molecule has 41 heavy (non-hydrogen) atoms. The summed E-state index contributed by atoms with van der Waals surface area (Å²) in [7, 11) is 0. The Labute approximate surface area is 236 Å². The lowest BCUT2D eigenvalue weighted by atomic mass is 10.0. The second-order valence-electron chi connectivity index (χ2n) is 10.3. The summed E-state index contributed by atoms with van der Waals surface area (Å²) in [5.41, 5.74) is 1.63. The van der Waals surface area contributed by atoms with Crippen LogP contribution in [0.2, 0.25) is 0 Å². The maximum absolute atomic E-state index is 14.0. The molecule has 7 nitrogen and oxygen atoms in total. The van der Waals surface area contributed by atoms with Crippen LogP contribution in [0.5, 0.6) is 0 Å². The van der Waals surface area contributed by atoms with E-state index in [4.69, 9.17) is 4.98 Å². The van der Waals surface area contributed by atoms with Crippen LogP contribution in [-0.4, -0.2) is 50.0 Å². The molecule has 1 aliphatic rings. The zero-order chi connectivity index (χ0) is 29.0. The Bertz CT molecular complexity index is 1430. The van der Waals surface area contributed by atoms with Gasteiger partial charge in [-0.15, -0.1) is 0 Å². The largest absolute Gasteiger partial charge is 0.416 e. The minimum absolute atomic E-state index is 0.163. The van der Waals surface area contributed by atoms with Crippen molar-refractivity contribution in [1.82, 2.24) is 24.8 Å². The van der Waals surface area contributed by atoms with Gasteiger partial charge in [0.2, 0.25) is 5.95 Å². The molecule has 0 spiro atoms. The third-order valence-corrected chi connectivity index (χ3v) is 7.29. The van der Waals surface area contributed by atoms with Crippen LogP contribution in [0, 0.1) is 5.82 Å². The number of halogens is 4. The Morgan fingerprint density at radius 2 is 1.71 bits per heavy atom. The van der Waals surface area contributed by atoms with Crippen molar-refractivity contribution >= 4 is 17.5 Å². The fourth-order valence-electron chi connectivity index (χ4n) is 4.96. The number of likely N-dealkylation sites (tertiary alicyclic amines) is 1. The quantitative estimate of drug-likeness (QED) is 0.238. The molecule has 1 aromatic carbocycles. The van der Waals surface area contributed by atoms with E-state index in [1.54, 1.807) is 24.5 Å². The van der Waals surface area contributed by atoms with Crippen molar-refractivity contribution in [1.29, 1.82) is 0 Å². The number of nitrogens with zero attached hydrogens (tertiary/aromatic N) is 6. The Hall–Kier alpha value is -4.12. The normalized spacial score (nSPS) is 14.8. The van der Waals surface area contributed by atoms with Gasteiger partial charge in [0.1, 0.15) is 5.82 Å². The number of alkyl halides is 3. The molecule has 4 aromatic rings. The smallest absolute Gasteiger partial charge is 0.338 e. The standard InChI is InChI=1S/C30H31F4N7/c1-20(2)40-15-11-24(12-16-40)41(19-21-3-8-28(37-17-21)38-27-9-13-35-18-25(27)31)29-36-14-10-26(39-29)22-4-6-23(7-5-22)30(32,33)34/h3-10,13-14,17-18,20,24H,11-12,15-16,19H2,1-2H3,(H,35,37,38). The summed E-state index contributed by atoms with van der Waals surface area (Å²) in [6, 6.07) is 12.6. The van der Waals surface area contributed by atoms with Crippen molar-refractivity contribution < 1.29 is 17.6 Å². The van der Waals surface area contributed by atoms with E-state index in [2.05, 4.69) is 43.9 Å². The molecular formula is C30H31F4N7. The topological polar surface area (TPSA) is 70.1 Å². The van der Waals surface area contributed by atoms with Gasteiger partial charge in [-0.05, 0) is 62.6 Å². The molecule has 0 unspecified atom stereocenters. The molecule has 5 rings (SSSR count). The number of hydrogen-bond donors (Lipinski definition) is 1. The summed E-state index contributed by atoms with van der Waals surface area (Å²) >= 11 is 0. The van der Waals surface area contributed by atoms with Crippen molar-refractivity contribution in [2.75, 3.05) is 23.3 Å². The van der Waals surface area contributed by atoms with Gasteiger partial charge in [0.15, 0.2) is 5.82 Å². The van der Waals surface area contributed by atoms with Crippen LogP contribution >= 0.6 is 0 Å². The summed E-state index contributed by atoms with van der Waals surface area (Å²) in [4.78, 5) is 22.2. The predicted molar refractivity (Wildman–Crippen MR) is 150 cm³/mol. The van der Waals surface area contributed by atoms with E-state index in [9.17, 15) is 17.6 Å². The number of piperidine rings is 1. The number of nitrogens with one attached hydrogen (secondary N) is 1. The van der Waals surface area contributed by atoms with Gasteiger partial charge >= 0.3 is 6.18 Å². The fourth-order valence-corrected chi connectivity index (χ4v) is 4.96. The lowest BCUT2D eigenvalue weighted by Gasteiger charge is -2.40. The minimum atomic E-state index is -4.40. The van der Waals surface area contributed by atoms with Crippen molar-refractivity contribution in [3.63, 3.8) is 0 Å². The highest BCUT2D eigenvalue weighted by molar-refractivity contribution is 5.61. The molecule has 0 atom stereocenters. The highest BCUT2D eigenvalue weighted by Crippen LogP contribution is 2.31. The third-order valence-electron chi connectivity index (χ3n) is 7.29. The van der Waals surface area contributed by atoms with E-state index < -0.39 is 17.6 Å². The van der Waals surface area contributed by atoms with E-state index in [0.717, 1.165) is 49.8 Å². The van der Waals surface area contributed by atoms with Crippen molar-refractivity contribution in [2.24, 2.45) is 0 Å². The van der Waals surface area contributed by atoms with Crippen LogP contribution in [0.1, 0.15) is 37.8 Å². The van der Waals surface area contributed by atoms with E-state index in [1.807, 2.05) is 6.07 Å². The molecule has 11 heteroatoms. The first kappa shape index (κ1) is 28.4. The van der Waals surface area contributed by atoms with E-state index in [0.29, 0.717) is 35.6 Å². The lowest BCUT2D eigenvalue weighted by Crippen LogP contribution is -2.47. The molecule has 0 amide bonds. The van der Waals surface area contributed by atoms with Crippen LogP contribution in [0.25, 0.3) is 11.3 Å². The maximum atomic E-state index is 14.0. The van der Waals surface area contributed by atoms with Crippen molar-refractivity contribution in [3.05, 3.63) is 90.3 Å². The summed E-state index contributed by atoms with van der Waals surface area (Å²) in [6.45, 7) is 6.74. The van der Waals surface area contributed by atoms with E-state index in [1.165, 1.54) is 24.4 Å². The van der Waals surface area contributed by atoms with Gasteiger partial charge in [-0.25, -0.2) is 19.3 Å². The van der Waals surface area contributed by atoms with Gasteiger partial charge in [0.25, 0.3) is 0 Å². The zero-order valence-electron chi connectivity index (χ0n) is 22.8. The molecule has 0 bridgehead atoms. The second-order valence-corrected chi connectivity index (χ2v) is 10.3. The van der Waals surface area contributed by atoms with E-state index in [-0.39, 0.29) is 11.7 Å². The summed E-state index contributed by atoms with van der Waals surface area (Å²) in [6.07, 6.45) is 3.44. The number of rotatable bonds is 8. The molecule has 1 N–H and O–H groups in total. The van der Waals surface area contributed by atoms with Gasteiger partial charge in [-0.3, -0.25) is 4.98 Å². The molecule has 1 fully saturated rings. The highest BCUT2D eigenvalue weighted by Gasteiger charge is 2.30. The first-order chi connectivity index (χ1) is 19.7. The van der Waals surface area contributed by atoms with Gasteiger partial charge in [0.05, 0.1) is 23.1 Å². The van der Waals surface area contributed by atoms with Gasteiger partial charge in [-0.1, -0.05) is 18.2 Å². The molecule has 4 heterocycles. The molecular weight excluding hydrogens is 534 g/mol. The van der Waals surface area contributed by atoms with Gasteiger partial charge < -0.3 is 15.1 Å². The SMILES string of the molecule is CC(C)N1CCC(N(Cc2ccc(Nc3ccncc3F)nc2)c2nccc(-c3ccc(C(F)(F)F)cc3)n2)CC1. The van der Waals surface area contributed by atoms with Crippen molar-refractivity contribution in [2.45, 2.75) is 51.5 Å². The number of hydrogen-bond acceptors (Lipinski definition) is 7. The number of anilines is 3. The molecule has 214 valence electrons. The number of aromatic nitrogens is 4. The number of benzene rings is 1. The Morgan fingerprint density at radius 1 is 0.951 bits per heavy atom. The van der Waals surface area contributed by atoms with Crippen LogP contribution < -0.4 is 10.2 Å². The highest BCUT2D eigenvalue weighted by atomic mass is 19.4. The summed E-state index contributed by atoms with van der Waals surface area (Å²) in [5.74, 6) is 0.532. The van der Waals surface area contributed by atoms with Crippen LogP contribution in [0.4, 0.5) is 35.0 Å². The second kappa shape index (κ2) is 12.2. The zero-order valence-corrected chi connectivity index (χ0v) is 22.8. The predicted octanol–water partition coefficient (Wildman–Crippen LogP) is 6.71. The third kappa shape index (κ3) is 6.97. The van der Waals surface area contributed by atoms with Crippen LogP contribution in [0.15, 0.2) is 73.3 Å². The molecule has 0 aliphatic carbocycles. The first-order valence-electron chi connectivity index (χ1n) is 13.5. The summed E-state index contributed by atoms with van der Waals surface area (Å²) in [5, 5.41) is 2.96. The monoisotopic (exact) mass is 565 g/mol. The fraction of sp³-hybridized carbons (Fsp3) is 0.333. The van der Waals surface area contributed by atoms with Crippen LogP contribution in [-0.2, 0) is 12.7 Å². The average molecular weight is 566 g/mol. The number of pyridine rings is 2. The molecule has 3 aromatic heterocycles. The summed E-state index contributed by atoms with van der Waals surface area (Å²) < 4.78 is 53.2. The molecule has 0 radical (unpaired) electrons. The molecule has 1 saturated heterocycles. The van der Waals surface area contributed by atoms with Gasteiger partial charge in [0, 0.05) is 55.9 Å². The van der Waals surface area contributed by atoms with Gasteiger partial charge in [-0.2, -0.15) is 13.2 Å². The Morgan fingerprint density at radius 3 is 2.34 bits per heavy atom. The minimum Gasteiger partial charge on any atom is -0.338 e. The average Bonchev–Trinajstić information content (AvgIpc) is 2.98. The Balaban J connectivity index is 1.39. The first-order valence-corrected chi connectivity index (χ1v) is 13.5. The van der Waals surface area contributed by atoms with Crippen LogP contribution in [0.3, 0.4) is 0 Å². The molecule has 0 saturated carbocycles. The maximum Gasteiger partial charge on any atom is 0.416 e. The molecule has 1 aliphatic heterocycles. The van der Waals surface area contributed by atoms with Crippen molar-refractivity contribution in [3.8, 4) is 11.3 Å². The lowest BCUT2D eigenvalue weighted by molar-refractivity contribution is -0.137. The Kier molecular flexibility index (Phi) is 8.44.